The number of ether oxygens (including phenoxy) is 1. The number of nitrogens with one attached hydrogen (secondary N) is 1. The third-order valence-electron chi connectivity index (χ3n) is 4.64. The van der Waals surface area contributed by atoms with Crippen LogP contribution < -0.4 is 15.0 Å². The molecule has 0 aromatic heterocycles. The van der Waals surface area contributed by atoms with E-state index in [1.54, 1.807) is 12.0 Å². The van der Waals surface area contributed by atoms with Gasteiger partial charge >= 0.3 is 0 Å². The number of hydrogen-bond acceptors (Lipinski definition) is 4. The molecule has 6 nitrogen and oxygen atoms in total. The molecule has 2 amide bonds. The van der Waals surface area contributed by atoms with Crippen LogP contribution in [0.5, 0.6) is 5.75 Å². The summed E-state index contributed by atoms with van der Waals surface area (Å²) >= 11 is 0. The highest BCUT2D eigenvalue weighted by molar-refractivity contribution is 6.04. The predicted octanol–water partition coefficient (Wildman–Crippen LogP) is 2.89. The number of nitrogens with zero attached hydrogens (tertiary/aromatic N) is 2. The first-order valence-corrected chi connectivity index (χ1v) is 9.00. The highest BCUT2D eigenvalue weighted by atomic mass is 16.5. The maximum atomic E-state index is 13.1. The molecule has 0 saturated carbocycles. The highest BCUT2D eigenvalue weighted by Gasteiger charge is 2.29. The zero-order valence-electron chi connectivity index (χ0n) is 15.9. The number of methoxy groups -OCH3 is 1. The van der Waals surface area contributed by atoms with Crippen LogP contribution in [0.25, 0.3) is 0 Å². The Morgan fingerprint density at radius 2 is 1.93 bits per heavy atom. The zero-order valence-corrected chi connectivity index (χ0v) is 15.9. The molecule has 0 unspecified atom stereocenters. The summed E-state index contributed by atoms with van der Waals surface area (Å²) < 4.78 is 5.18. The number of anilines is 2. The van der Waals surface area contributed by atoms with Crippen LogP contribution in [-0.2, 0) is 16.1 Å². The van der Waals surface area contributed by atoms with Gasteiger partial charge in [0.15, 0.2) is 0 Å². The van der Waals surface area contributed by atoms with Gasteiger partial charge in [0.1, 0.15) is 5.75 Å². The Balaban J connectivity index is 1.73. The number of hydrogen-bond donors (Lipinski definition) is 1. The Morgan fingerprint density at radius 1 is 1.22 bits per heavy atom. The fraction of sp³-hybridized carbons (Fsp3) is 0.333. The molecule has 3 rings (SSSR count). The predicted molar refractivity (Wildman–Crippen MR) is 106 cm³/mol. The van der Waals surface area contributed by atoms with Gasteiger partial charge in [-0.25, -0.2) is 0 Å². The van der Waals surface area contributed by atoms with Gasteiger partial charge in [-0.2, -0.15) is 0 Å². The summed E-state index contributed by atoms with van der Waals surface area (Å²) in [4.78, 5) is 28.8. The molecule has 1 atom stereocenters. The van der Waals surface area contributed by atoms with Crippen LogP contribution in [0.15, 0.2) is 48.5 Å². The Hall–Kier alpha value is -2.86. The summed E-state index contributed by atoms with van der Waals surface area (Å²) in [6, 6.07) is 15.0. The summed E-state index contributed by atoms with van der Waals surface area (Å²) in [5.74, 6) is 0.712. The second-order valence-electron chi connectivity index (χ2n) is 6.90. The monoisotopic (exact) mass is 367 g/mol. The van der Waals surface area contributed by atoms with Crippen LogP contribution in [0.2, 0.25) is 0 Å². The number of amides is 2. The van der Waals surface area contributed by atoms with Gasteiger partial charge in [-0.3, -0.25) is 14.5 Å². The van der Waals surface area contributed by atoms with Crippen LogP contribution in [0.3, 0.4) is 0 Å². The molecule has 0 aliphatic carbocycles. The molecule has 0 bridgehead atoms. The number of carbonyl (C=O) groups is 2. The van der Waals surface area contributed by atoms with Gasteiger partial charge in [0.05, 0.1) is 25.0 Å². The molecule has 0 fully saturated rings. The van der Waals surface area contributed by atoms with Crippen molar-refractivity contribution in [3.8, 4) is 5.75 Å². The number of benzene rings is 2. The lowest BCUT2D eigenvalue weighted by Crippen LogP contribution is -2.44. The lowest BCUT2D eigenvalue weighted by Gasteiger charge is -2.29. The quantitative estimate of drug-likeness (QED) is 0.883. The second-order valence-corrected chi connectivity index (χ2v) is 6.90. The number of carbonyl (C=O) groups excluding carboxylic acids is 2. The van der Waals surface area contributed by atoms with E-state index in [4.69, 9.17) is 4.74 Å². The van der Waals surface area contributed by atoms with E-state index >= 15 is 0 Å². The summed E-state index contributed by atoms with van der Waals surface area (Å²) in [7, 11) is 3.56. The molecule has 0 spiro atoms. The van der Waals surface area contributed by atoms with Crippen LogP contribution in [-0.4, -0.2) is 43.5 Å². The van der Waals surface area contributed by atoms with E-state index < -0.39 is 0 Å². The first kappa shape index (κ1) is 18.9. The SMILES string of the molecule is COc1ccc(CN(C)CC(=O)N2c3ccccc3NC(=O)C[C@@H]2C)cc1. The third-order valence-corrected chi connectivity index (χ3v) is 4.64. The molecule has 27 heavy (non-hydrogen) atoms. The molecule has 1 aliphatic rings. The molecule has 0 saturated heterocycles. The summed E-state index contributed by atoms with van der Waals surface area (Å²) in [5.41, 5.74) is 2.53. The van der Waals surface area contributed by atoms with E-state index in [0.29, 0.717) is 12.2 Å². The van der Waals surface area contributed by atoms with Crippen LogP contribution in [0.1, 0.15) is 18.9 Å². The van der Waals surface area contributed by atoms with Gasteiger partial charge in [0.2, 0.25) is 11.8 Å². The number of para-hydroxylation sites is 2. The molecule has 6 heteroatoms. The minimum absolute atomic E-state index is 0.0255. The average Bonchev–Trinajstić information content (AvgIpc) is 2.76. The van der Waals surface area contributed by atoms with Crippen LogP contribution in [0, 0.1) is 0 Å². The van der Waals surface area contributed by atoms with E-state index in [0.717, 1.165) is 17.0 Å². The minimum atomic E-state index is -0.199. The van der Waals surface area contributed by atoms with Gasteiger partial charge in [0, 0.05) is 19.0 Å². The number of fused-ring (bicyclic) bond motifs is 1. The van der Waals surface area contributed by atoms with E-state index in [-0.39, 0.29) is 30.8 Å². The Kier molecular flexibility index (Phi) is 5.76. The lowest BCUT2D eigenvalue weighted by molar-refractivity contribution is -0.120. The molecule has 1 N–H and O–H groups in total. The largest absolute Gasteiger partial charge is 0.497 e. The van der Waals surface area contributed by atoms with Gasteiger partial charge in [-0.05, 0) is 43.8 Å². The Morgan fingerprint density at radius 3 is 2.63 bits per heavy atom. The van der Waals surface area contributed by atoms with Crippen molar-refractivity contribution >= 4 is 23.2 Å². The molecule has 2 aromatic rings. The molecule has 142 valence electrons. The van der Waals surface area contributed by atoms with Crippen molar-refractivity contribution < 1.29 is 14.3 Å². The van der Waals surface area contributed by atoms with Crippen LogP contribution >= 0.6 is 0 Å². The van der Waals surface area contributed by atoms with Gasteiger partial charge in [0.25, 0.3) is 0 Å². The fourth-order valence-electron chi connectivity index (χ4n) is 3.37. The van der Waals surface area contributed by atoms with Crippen molar-refractivity contribution in [3.63, 3.8) is 0 Å². The molecule has 2 aromatic carbocycles. The first-order chi connectivity index (χ1) is 13.0. The molecule has 1 aliphatic heterocycles. The van der Waals surface area contributed by atoms with E-state index in [1.807, 2.05) is 67.4 Å². The summed E-state index contributed by atoms with van der Waals surface area (Å²) in [6.07, 6.45) is 0.280. The summed E-state index contributed by atoms with van der Waals surface area (Å²) in [5, 5.41) is 2.88. The third kappa shape index (κ3) is 4.46. The highest BCUT2D eigenvalue weighted by Crippen LogP contribution is 2.31. The number of rotatable bonds is 5. The maximum absolute atomic E-state index is 13.1. The molecule has 0 radical (unpaired) electrons. The fourth-order valence-corrected chi connectivity index (χ4v) is 3.37. The van der Waals surface area contributed by atoms with Crippen molar-refractivity contribution in [2.24, 2.45) is 0 Å². The van der Waals surface area contributed by atoms with Gasteiger partial charge < -0.3 is 15.0 Å². The van der Waals surface area contributed by atoms with Gasteiger partial charge in [-0.15, -0.1) is 0 Å². The number of likely N-dealkylation sites (N-methyl/N-ethyl adjacent to an activating group) is 1. The van der Waals surface area contributed by atoms with Crippen LogP contribution in [0.4, 0.5) is 11.4 Å². The van der Waals surface area contributed by atoms with E-state index in [2.05, 4.69) is 5.32 Å². The van der Waals surface area contributed by atoms with Crippen molar-refractivity contribution in [2.75, 3.05) is 30.9 Å². The lowest BCUT2D eigenvalue weighted by atomic mass is 10.1. The van der Waals surface area contributed by atoms with Crippen molar-refractivity contribution in [1.82, 2.24) is 4.90 Å². The van der Waals surface area contributed by atoms with Gasteiger partial charge in [-0.1, -0.05) is 24.3 Å². The van der Waals surface area contributed by atoms with E-state index in [9.17, 15) is 9.59 Å². The topological polar surface area (TPSA) is 61.9 Å². The Bertz CT molecular complexity index is 820. The Labute approximate surface area is 159 Å². The zero-order chi connectivity index (χ0) is 19.4. The first-order valence-electron chi connectivity index (χ1n) is 9.00. The average molecular weight is 367 g/mol. The van der Waals surface area contributed by atoms with Crippen molar-refractivity contribution in [2.45, 2.75) is 25.9 Å². The van der Waals surface area contributed by atoms with Crippen molar-refractivity contribution in [1.29, 1.82) is 0 Å². The minimum Gasteiger partial charge on any atom is -0.497 e. The summed E-state index contributed by atoms with van der Waals surface area (Å²) in [6.45, 7) is 2.82. The second kappa shape index (κ2) is 8.22. The smallest absolute Gasteiger partial charge is 0.241 e. The standard InChI is InChI=1S/C21H25N3O3/c1-15-12-20(25)22-18-6-4-5-7-19(18)24(15)21(26)14-23(2)13-16-8-10-17(27-3)11-9-16/h4-11,15H,12-14H2,1-3H3,(H,22,25)/t15-/m0/s1. The molecular weight excluding hydrogens is 342 g/mol. The van der Waals surface area contributed by atoms with Crippen molar-refractivity contribution in [3.05, 3.63) is 54.1 Å². The molecular formula is C21H25N3O3. The maximum Gasteiger partial charge on any atom is 0.241 e. The normalized spacial score (nSPS) is 16.5. The molecule has 1 heterocycles. The van der Waals surface area contributed by atoms with E-state index in [1.165, 1.54) is 0 Å².